The van der Waals surface area contributed by atoms with E-state index in [1.54, 1.807) is 24.3 Å². The Balaban J connectivity index is 0.00000144. The van der Waals surface area contributed by atoms with Crippen LogP contribution in [0.2, 0.25) is 10.0 Å². The van der Waals surface area contributed by atoms with Crippen LogP contribution in [-0.4, -0.2) is 10.2 Å². The molecule has 0 unspecified atom stereocenters. The van der Waals surface area contributed by atoms with Crippen molar-refractivity contribution < 1.29 is 4.79 Å². The molecule has 1 amide bonds. The van der Waals surface area contributed by atoms with Crippen LogP contribution in [0, 0.1) is 0 Å². The fourth-order valence-corrected chi connectivity index (χ4v) is 2.53. The molecule has 0 spiro atoms. The first-order valence-corrected chi connectivity index (χ1v) is 6.24. The maximum absolute atomic E-state index is 11.4. The van der Waals surface area contributed by atoms with Gasteiger partial charge in [0.05, 0.1) is 15.0 Å². The number of benzene rings is 1. The summed E-state index contributed by atoms with van der Waals surface area (Å²) in [4.78, 5) is 12.0. The van der Waals surface area contributed by atoms with Crippen molar-refractivity contribution in [3.05, 3.63) is 38.7 Å². The van der Waals surface area contributed by atoms with Crippen LogP contribution >= 0.6 is 47.2 Å². The van der Waals surface area contributed by atoms with E-state index in [1.165, 1.54) is 11.8 Å². The second kappa shape index (κ2) is 5.87. The van der Waals surface area contributed by atoms with Crippen LogP contribution in [0.4, 0.5) is 0 Å². The van der Waals surface area contributed by atoms with E-state index in [4.69, 9.17) is 35.4 Å². The van der Waals surface area contributed by atoms with Crippen molar-refractivity contribution in [1.82, 2.24) is 5.32 Å². The average Bonchev–Trinajstić information content (AvgIpc) is 2.51. The van der Waals surface area contributed by atoms with E-state index in [0.717, 1.165) is 5.56 Å². The first kappa shape index (κ1) is 14.5. The molecule has 0 atom stereocenters. The van der Waals surface area contributed by atoms with E-state index in [9.17, 15) is 4.79 Å². The van der Waals surface area contributed by atoms with Crippen molar-refractivity contribution >= 4 is 63.5 Å². The number of thiocarbonyl (C=S) groups is 1. The lowest BCUT2D eigenvalue weighted by Gasteiger charge is -1.98. The van der Waals surface area contributed by atoms with E-state index in [0.29, 0.717) is 19.3 Å². The van der Waals surface area contributed by atoms with Gasteiger partial charge in [-0.05, 0) is 23.8 Å². The highest BCUT2D eigenvalue weighted by atomic mass is 35.5. The molecule has 1 fully saturated rings. The third kappa shape index (κ3) is 3.45. The predicted molar refractivity (Wildman–Crippen MR) is 79.5 cm³/mol. The molecule has 2 nitrogen and oxygen atoms in total. The van der Waals surface area contributed by atoms with E-state index in [1.807, 2.05) is 0 Å². The van der Waals surface area contributed by atoms with Gasteiger partial charge in [-0.3, -0.25) is 4.79 Å². The van der Waals surface area contributed by atoms with Crippen molar-refractivity contribution in [2.45, 2.75) is 7.43 Å². The molecule has 90 valence electrons. The zero-order chi connectivity index (χ0) is 11.7. The molecule has 1 aliphatic rings. The van der Waals surface area contributed by atoms with Gasteiger partial charge in [0, 0.05) is 0 Å². The van der Waals surface area contributed by atoms with Crippen molar-refractivity contribution in [2.75, 3.05) is 0 Å². The quantitative estimate of drug-likeness (QED) is 0.625. The fourth-order valence-electron chi connectivity index (χ4n) is 1.17. The van der Waals surface area contributed by atoms with Crippen molar-refractivity contribution in [3.8, 4) is 0 Å². The predicted octanol–water partition coefficient (Wildman–Crippen LogP) is 4.12. The Kier molecular flexibility index (Phi) is 5.01. The van der Waals surface area contributed by atoms with Gasteiger partial charge in [0.25, 0.3) is 5.91 Å². The maximum atomic E-state index is 11.4. The van der Waals surface area contributed by atoms with Gasteiger partial charge in [0.1, 0.15) is 4.32 Å². The summed E-state index contributed by atoms with van der Waals surface area (Å²) < 4.78 is 0.469. The molecule has 0 radical (unpaired) electrons. The number of amides is 1. The van der Waals surface area contributed by atoms with Crippen LogP contribution in [0.25, 0.3) is 6.08 Å². The summed E-state index contributed by atoms with van der Waals surface area (Å²) in [6.07, 6.45) is 1.72. The van der Waals surface area contributed by atoms with Crippen LogP contribution in [0.1, 0.15) is 13.0 Å². The Morgan fingerprint density at radius 2 is 2.00 bits per heavy atom. The molecule has 1 N–H and O–H groups in total. The van der Waals surface area contributed by atoms with Gasteiger partial charge in [-0.1, -0.05) is 60.7 Å². The average molecular weight is 306 g/mol. The third-order valence-corrected chi connectivity index (χ3v) is 3.79. The van der Waals surface area contributed by atoms with Crippen LogP contribution in [-0.2, 0) is 4.79 Å². The summed E-state index contributed by atoms with van der Waals surface area (Å²) in [5, 5.41) is 3.49. The molecule has 1 aromatic carbocycles. The topological polar surface area (TPSA) is 29.1 Å². The van der Waals surface area contributed by atoms with Gasteiger partial charge in [-0.15, -0.1) is 0 Å². The highest BCUT2D eigenvalue weighted by molar-refractivity contribution is 8.26. The van der Waals surface area contributed by atoms with E-state index in [-0.39, 0.29) is 13.3 Å². The SMILES string of the molecule is C.O=C1NC(=S)S/C1=C/c1ccc(Cl)c(Cl)c1. The molecule has 17 heavy (non-hydrogen) atoms. The van der Waals surface area contributed by atoms with Gasteiger partial charge >= 0.3 is 0 Å². The molecule has 0 bridgehead atoms. The van der Waals surface area contributed by atoms with Crippen molar-refractivity contribution in [2.24, 2.45) is 0 Å². The molecule has 6 heteroatoms. The number of carbonyl (C=O) groups excluding carboxylic acids is 1. The van der Waals surface area contributed by atoms with Crippen LogP contribution in [0.15, 0.2) is 23.1 Å². The Labute approximate surface area is 119 Å². The Morgan fingerprint density at radius 1 is 1.29 bits per heavy atom. The van der Waals surface area contributed by atoms with Gasteiger partial charge in [-0.2, -0.15) is 0 Å². The largest absolute Gasteiger partial charge is 0.307 e. The molecule has 0 aromatic heterocycles. The second-order valence-electron chi connectivity index (χ2n) is 3.03. The molecular formula is C11H9Cl2NOS2. The lowest BCUT2D eigenvalue weighted by molar-refractivity contribution is -0.115. The summed E-state index contributed by atoms with van der Waals surface area (Å²) in [5.74, 6) is -0.180. The van der Waals surface area contributed by atoms with Gasteiger partial charge in [-0.25, -0.2) is 0 Å². The summed E-state index contributed by atoms with van der Waals surface area (Å²) in [6.45, 7) is 0. The molecule has 2 rings (SSSR count). The number of hydrogen-bond acceptors (Lipinski definition) is 3. The standard InChI is InChI=1S/C10H5Cl2NOS2.CH4/c11-6-2-1-5(3-7(6)12)4-8-9(14)13-10(15)16-8;/h1-4H,(H,13,14,15);1H4/b8-4+;. The summed E-state index contributed by atoms with van der Waals surface area (Å²) in [7, 11) is 0. The van der Waals surface area contributed by atoms with Crippen LogP contribution < -0.4 is 5.32 Å². The van der Waals surface area contributed by atoms with Gasteiger partial charge in [0.15, 0.2) is 0 Å². The summed E-state index contributed by atoms with van der Waals surface area (Å²) in [5.41, 5.74) is 0.816. The summed E-state index contributed by atoms with van der Waals surface area (Å²) >= 11 is 17.8. The monoisotopic (exact) mass is 305 g/mol. The molecule has 0 saturated carbocycles. The number of hydrogen-bond donors (Lipinski definition) is 1. The number of nitrogens with one attached hydrogen (secondary N) is 1. The molecule has 1 saturated heterocycles. The molecule has 1 aliphatic heterocycles. The lowest BCUT2D eigenvalue weighted by atomic mass is 10.2. The highest BCUT2D eigenvalue weighted by Gasteiger charge is 2.21. The first-order valence-electron chi connectivity index (χ1n) is 4.26. The highest BCUT2D eigenvalue weighted by Crippen LogP contribution is 2.28. The molecule has 0 aliphatic carbocycles. The van der Waals surface area contributed by atoms with Gasteiger partial charge < -0.3 is 5.32 Å². The zero-order valence-corrected chi connectivity index (χ0v) is 10.9. The van der Waals surface area contributed by atoms with E-state index in [2.05, 4.69) is 5.32 Å². The minimum absolute atomic E-state index is 0. The van der Waals surface area contributed by atoms with Crippen LogP contribution in [0.3, 0.4) is 0 Å². The number of rotatable bonds is 1. The number of halogens is 2. The first-order chi connectivity index (χ1) is 7.56. The number of carbonyl (C=O) groups is 1. The van der Waals surface area contributed by atoms with Crippen LogP contribution in [0.5, 0.6) is 0 Å². The Bertz CT molecular complexity index is 514. The molecule has 1 aromatic rings. The molecule has 1 heterocycles. The smallest absolute Gasteiger partial charge is 0.263 e. The second-order valence-corrected chi connectivity index (χ2v) is 5.56. The maximum Gasteiger partial charge on any atom is 0.263 e. The Hall–Kier alpha value is -0.550. The van der Waals surface area contributed by atoms with Crippen molar-refractivity contribution in [1.29, 1.82) is 0 Å². The van der Waals surface area contributed by atoms with E-state index < -0.39 is 0 Å². The normalized spacial score (nSPS) is 16.9. The minimum atomic E-state index is -0.180. The third-order valence-electron chi connectivity index (χ3n) is 1.88. The van der Waals surface area contributed by atoms with Crippen molar-refractivity contribution in [3.63, 3.8) is 0 Å². The fraction of sp³-hybridized carbons (Fsp3) is 0.0909. The Morgan fingerprint density at radius 3 is 2.53 bits per heavy atom. The lowest BCUT2D eigenvalue weighted by Crippen LogP contribution is -2.17. The zero-order valence-electron chi connectivity index (χ0n) is 7.79. The van der Waals surface area contributed by atoms with E-state index >= 15 is 0 Å². The summed E-state index contributed by atoms with van der Waals surface area (Å²) in [6, 6.07) is 5.18. The number of thioether (sulfide) groups is 1. The minimum Gasteiger partial charge on any atom is -0.307 e. The molecular weight excluding hydrogens is 297 g/mol. The van der Waals surface area contributed by atoms with Gasteiger partial charge in [0.2, 0.25) is 0 Å².